The first-order valence-electron chi connectivity index (χ1n) is 3.57. The lowest BCUT2D eigenvalue weighted by molar-refractivity contribution is 0.496. The van der Waals surface area contributed by atoms with E-state index in [9.17, 15) is 12.9 Å². The molecule has 0 radical (unpaired) electrons. The summed E-state index contributed by atoms with van der Waals surface area (Å²) in [6, 6.07) is 3.01. The highest BCUT2D eigenvalue weighted by molar-refractivity contribution is 6.72. The molecule has 68 valence electrons. The summed E-state index contributed by atoms with van der Waals surface area (Å²) < 4.78 is 37.7. The molecule has 3 nitrogen and oxygen atoms in total. The van der Waals surface area contributed by atoms with Crippen molar-refractivity contribution in [3.63, 3.8) is 0 Å². The first kappa shape index (κ1) is 8.09. The number of nitrogens with zero attached hydrogens (tertiary/aromatic N) is 3. The van der Waals surface area contributed by atoms with E-state index in [0.29, 0.717) is 0 Å². The number of aromatic nitrogens is 3. The smallest absolute Gasteiger partial charge is 0.444 e. The van der Waals surface area contributed by atoms with Gasteiger partial charge in [0.2, 0.25) is 0 Å². The molecule has 0 aliphatic rings. The van der Waals surface area contributed by atoms with Gasteiger partial charge in [0, 0.05) is 18.0 Å². The summed E-state index contributed by atoms with van der Waals surface area (Å²) >= 11 is 0. The molecule has 7 heteroatoms. The number of rotatable bonds is 1. The fraction of sp³-hybridized carbons (Fsp3) is 0. The highest BCUT2D eigenvalue weighted by Gasteiger charge is 2.29. The number of fused-ring (bicyclic) bond motifs is 1. The van der Waals surface area contributed by atoms with Crippen LogP contribution < -0.4 is 5.59 Å². The van der Waals surface area contributed by atoms with Crippen LogP contribution in [0.2, 0.25) is 0 Å². The van der Waals surface area contributed by atoms with Crippen LogP contribution in [-0.2, 0) is 0 Å². The molecular weight excluding hydrogens is 182 g/mol. The van der Waals surface area contributed by atoms with Gasteiger partial charge in [-0.25, -0.2) is 9.50 Å². The zero-order valence-corrected chi connectivity index (χ0v) is 6.36. The Balaban J connectivity index is 2.72. The van der Waals surface area contributed by atoms with Gasteiger partial charge in [0.15, 0.2) is 0 Å². The molecule has 0 aliphatic carbocycles. The zero-order valence-electron chi connectivity index (χ0n) is 6.36. The summed E-state index contributed by atoms with van der Waals surface area (Å²) in [5.41, 5.74) is -0.590. The Bertz CT molecular complexity index is 436. The Morgan fingerprint density at radius 2 is 2.08 bits per heavy atom. The molecule has 2 aromatic rings. The molecule has 0 saturated carbocycles. The number of hydrogen-bond donors (Lipinski definition) is 0. The second-order valence-corrected chi connectivity index (χ2v) is 2.55. The molecule has 0 amide bonds. The second-order valence-electron chi connectivity index (χ2n) is 2.55. The van der Waals surface area contributed by atoms with Gasteiger partial charge in [-0.3, -0.25) is 0 Å². The highest BCUT2D eigenvalue weighted by Crippen LogP contribution is 2.09. The largest absolute Gasteiger partial charge is 0.529 e. The molecule has 0 saturated heterocycles. The predicted octanol–water partition coefficient (Wildman–Crippen LogP) is 0.784. The molecule has 2 rings (SSSR count). The maximum absolute atomic E-state index is 12.3. The van der Waals surface area contributed by atoms with E-state index in [4.69, 9.17) is 0 Å². The van der Waals surface area contributed by atoms with Crippen molar-refractivity contribution in [2.45, 2.75) is 0 Å². The quantitative estimate of drug-likeness (QED) is 0.616. The van der Waals surface area contributed by atoms with Gasteiger partial charge in [-0.1, -0.05) is 0 Å². The van der Waals surface area contributed by atoms with Gasteiger partial charge in [-0.2, -0.15) is 5.10 Å². The van der Waals surface area contributed by atoms with E-state index in [-0.39, 0.29) is 5.65 Å². The SMILES string of the molecule is F[B-](F)(F)c1cnc2cccnn12. The Morgan fingerprint density at radius 3 is 2.77 bits per heavy atom. The third kappa shape index (κ3) is 1.26. The minimum atomic E-state index is -5.04. The van der Waals surface area contributed by atoms with Crippen LogP contribution in [0.15, 0.2) is 24.5 Å². The third-order valence-corrected chi connectivity index (χ3v) is 1.64. The number of hydrogen-bond acceptors (Lipinski definition) is 2. The topological polar surface area (TPSA) is 30.2 Å². The van der Waals surface area contributed by atoms with Crippen LogP contribution in [0.3, 0.4) is 0 Å². The van der Waals surface area contributed by atoms with Crippen molar-refractivity contribution >= 4 is 18.2 Å². The molecule has 0 atom stereocenters. The lowest BCUT2D eigenvalue weighted by atomic mass is 9.87. The van der Waals surface area contributed by atoms with Gasteiger partial charge >= 0.3 is 6.98 Å². The van der Waals surface area contributed by atoms with Crippen molar-refractivity contribution in [1.29, 1.82) is 0 Å². The Morgan fingerprint density at radius 1 is 1.31 bits per heavy atom. The normalized spacial score (nSPS) is 12.2. The standard InChI is InChI=1S/C6H4BF3N3/c8-7(9,10)5-4-11-6-2-1-3-12-13(5)6/h1-4H/q-1. The zero-order chi connectivity index (χ0) is 9.47. The maximum atomic E-state index is 12.3. The molecule has 13 heavy (non-hydrogen) atoms. The lowest BCUT2D eigenvalue weighted by Crippen LogP contribution is -2.38. The fourth-order valence-corrected chi connectivity index (χ4v) is 1.07. The molecule has 2 aromatic heterocycles. The van der Waals surface area contributed by atoms with Crippen LogP contribution in [0.1, 0.15) is 0 Å². The number of imidazole rings is 1. The third-order valence-electron chi connectivity index (χ3n) is 1.64. The Labute approximate surface area is 71.3 Å². The van der Waals surface area contributed by atoms with Gasteiger partial charge in [-0.05, 0) is 12.1 Å². The van der Waals surface area contributed by atoms with Crippen LogP contribution >= 0.6 is 0 Å². The summed E-state index contributed by atoms with van der Waals surface area (Å²) in [5, 5.41) is 3.56. The minimum absolute atomic E-state index is 0.205. The molecule has 0 N–H and O–H groups in total. The van der Waals surface area contributed by atoms with Gasteiger partial charge in [0.1, 0.15) is 5.65 Å². The van der Waals surface area contributed by atoms with Crippen LogP contribution in [0.4, 0.5) is 12.9 Å². The van der Waals surface area contributed by atoms with E-state index in [2.05, 4.69) is 10.1 Å². The molecule has 0 aliphatic heterocycles. The maximum Gasteiger partial charge on any atom is 0.529 e. The van der Waals surface area contributed by atoms with E-state index < -0.39 is 12.6 Å². The van der Waals surface area contributed by atoms with Crippen molar-refractivity contribution in [3.8, 4) is 0 Å². The summed E-state index contributed by atoms with van der Waals surface area (Å²) in [6.45, 7) is -5.04. The Kier molecular flexibility index (Phi) is 1.54. The van der Waals surface area contributed by atoms with Crippen molar-refractivity contribution in [2.75, 3.05) is 0 Å². The average molecular weight is 186 g/mol. The van der Waals surface area contributed by atoms with E-state index in [1.165, 1.54) is 18.3 Å². The molecule has 0 unspecified atom stereocenters. The summed E-state index contributed by atoms with van der Waals surface area (Å²) in [7, 11) is 0. The summed E-state index contributed by atoms with van der Waals surface area (Å²) in [5.74, 6) is 0. The first-order valence-corrected chi connectivity index (χ1v) is 3.57. The average Bonchev–Trinajstić information content (AvgIpc) is 2.45. The fourth-order valence-electron chi connectivity index (χ4n) is 1.07. The van der Waals surface area contributed by atoms with Crippen LogP contribution in [0, 0.1) is 0 Å². The van der Waals surface area contributed by atoms with Crippen LogP contribution in [0.5, 0.6) is 0 Å². The van der Waals surface area contributed by atoms with Gasteiger partial charge in [0.25, 0.3) is 0 Å². The van der Waals surface area contributed by atoms with Gasteiger partial charge in [0.05, 0.1) is 0 Å². The monoisotopic (exact) mass is 186 g/mol. The molecule has 0 spiro atoms. The Hall–Kier alpha value is -1.53. The first-order chi connectivity index (χ1) is 6.09. The molecular formula is C6H4BF3N3-. The lowest BCUT2D eigenvalue weighted by Gasteiger charge is -2.11. The van der Waals surface area contributed by atoms with Crippen molar-refractivity contribution in [2.24, 2.45) is 0 Å². The summed E-state index contributed by atoms with van der Waals surface area (Å²) in [4.78, 5) is 3.58. The van der Waals surface area contributed by atoms with Crippen molar-refractivity contribution < 1.29 is 12.9 Å². The molecule has 0 aromatic carbocycles. The highest BCUT2D eigenvalue weighted by atomic mass is 19.4. The van der Waals surface area contributed by atoms with E-state index >= 15 is 0 Å². The molecule has 0 fully saturated rings. The van der Waals surface area contributed by atoms with Crippen LogP contribution in [0.25, 0.3) is 5.65 Å². The van der Waals surface area contributed by atoms with Gasteiger partial charge in [-0.15, -0.1) is 0 Å². The van der Waals surface area contributed by atoms with E-state index in [1.54, 1.807) is 0 Å². The molecule has 2 heterocycles. The number of halogens is 3. The van der Waals surface area contributed by atoms with Crippen molar-refractivity contribution in [3.05, 3.63) is 24.5 Å². The van der Waals surface area contributed by atoms with E-state index in [0.717, 1.165) is 10.7 Å². The predicted molar refractivity (Wildman–Crippen MR) is 41.7 cm³/mol. The van der Waals surface area contributed by atoms with Crippen LogP contribution in [-0.4, -0.2) is 21.6 Å². The molecule has 0 bridgehead atoms. The van der Waals surface area contributed by atoms with E-state index in [1.807, 2.05) is 0 Å². The van der Waals surface area contributed by atoms with Gasteiger partial charge < -0.3 is 12.9 Å². The van der Waals surface area contributed by atoms with Crippen molar-refractivity contribution in [1.82, 2.24) is 14.6 Å². The minimum Gasteiger partial charge on any atom is -0.444 e. The second kappa shape index (κ2) is 2.48. The summed E-state index contributed by atoms with van der Waals surface area (Å²) in [6.07, 6.45) is 2.09.